The van der Waals surface area contributed by atoms with Gasteiger partial charge in [-0.1, -0.05) is 28.1 Å². The van der Waals surface area contributed by atoms with Gasteiger partial charge in [0, 0.05) is 16.9 Å². The van der Waals surface area contributed by atoms with E-state index < -0.39 is 0 Å². The third kappa shape index (κ3) is 3.64. The van der Waals surface area contributed by atoms with Crippen LogP contribution in [0.3, 0.4) is 0 Å². The van der Waals surface area contributed by atoms with Crippen LogP contribution < -0.4 is 11.3 Å². The standard InChI is InChI=1S/C13H17BrN2/c1-3-4-5-6-13(16-15)11-7-8-12(14)10(2)9-11/h7-9,13,16H,5-6,15H2,1-2H3. The van der Waals surface area contributed by atoms with E-state index in [9.17, 15) is 0 Å². The van der Waals surface area contributed by atoms with Crippen LogP contribution >= 0.6 is 15.9 Å². The summed E-state index contributed by atoms with van der Waals surface area (Å²) in [6.45, 7) is 3.93. The van der Waals surface area contributed by atoms with Crippen LogP contribution in [0.4, 0.5) is 0 Å². The van der Waals surface area contributed by atoms with Crippen LogP contribution in [0.1, 0.15) is 36.9 Å². The Morgan fingerprint density at radius 2 is 2.25 bits per heavy atom. The maximum absolute atomic E-state index is 5.57. The van der Waals surface area contributed by atoms with Crippen LogP contribution in [0, 0.1) is 18.8 Å². The molecule has 0 bridgehead atoms. The lowest BCUT2D eigenvalue weighted by Gasteiger charge is -2.16. The molecule has 0 aliphatic heterocycles. The van der Waals surface area contributed by atoms with Gasteiger partial charge in [-0.3, -0.25) is 11.3 Å². The number of aryl methyl sites for hydroxylation is 1. The Morgan fingerprint density at radius 3 is 2.81 bits per heavy atom. The highest BCUT2D eigenvalue weighted by atomic mass is 79.9. The zero-order chi connectivity index (χ0) is 12.0. The molecule has 86 valence electrons. The summed E-state index contributed by atoms with van der Waals surface area (Å²) in [6.07, 6.45) is 1.79. The fourth-order valence-corrected chi connectivity index (χ4v) is 1.82. The predicted octanol–water partition coefficient (Wildman–Crippen LogP) is 3.07. The van der Waals surface area contributed by atoms with Gasteiger partial charge in [0.15, 0.2) is 0 Å². The van der Waals surface area contributed by atoms with Gasteiger partial charge in [-0.2, -0.15) is 0 Å². The maximum atomic E-state index is 5.57. The molecule has 1 aromatic carbocycles. The predicted molar refractivity (Wildman–Crippen MR) is 71.6 cm³/mol. The monoisotopic (exact) mass is 280 g/mol. The zero-order valence-electron chi connectivity index (χ0n) is 9.68. The Kier molecular flexibility index (Phi) is 5.54. The summed E-state index contributed by atoms with van der Waals surface area (Å²) < 4.78 is 1.13. The highest BCUT2D eigenvalue weighted by Crippen LogP contribution is 2.23. The summed E-state index contributed by atoms with van der Waals surface area (Å²) in [5, 5.41) is 0. The van der Waals surface area contributed by atoms with Crippen LogP contribution in [0.2, 0.25) is 0 Å². The van der Waals surface area contributed by atoms with Crippen molar-refractivity contribution in [2.24, 2.45) is 5.84 Å². The lowest BCUT2D eigenvalue weighted by atomic mass is 10.0. The van der Waals surface area contributed by atoms with Gasteiger partial charge in [0.1, 0.15) is 0 Å². The van der Waals surface area contributed by atoms with Crippen LogP contribution in [-0.2, 0) is 0 Å². The molecule has 0 heterocycles. The van der Waals surface area contributed by atoms with Crippen molar-refractivity contribution in [3.8, 4) is 11.8 Å². The molecule has 1 atom stereocenters. The number of benzene rings is 1. The average Bonchev–Trinajstić information content (AvgIpc) is 2.29. The van der Waals surface area contributed by atoms with Gasteiger partial charge in [0.25, 0.3) is 0 Å². The van der Waals surface area contributed by atoms with Crippen molar-refractivity contribution in [1.29, 1.82) is 0 Å². The third-order valence-electron chi connectivity index (χ3n) is 2.52. The van der Waals surface area contributed by atoms with E-state index in [1.165, 1.54) is 11.1 Å². The Hall–Kier alpha value is -0.820. The van der Waals surface area contributed by atoms with Crippen molar-refractivity contribution < 1.29 is 0 Å². The lowest BCUT2D eigenvalue weighted by Crippen LogP contribution is -2.27. The summed E-state index contributed by atoms with van der Waals surface area (Å²) in [6, 6.07) is 6.46. The van der Waals surface area contributed by atoms with Crippen molar-refractivity contribution in [1.82, 2.24) is 5.43 Å². The zero-order valence-corrected chi connectivity index (χ0v) is 11.3. The van der Waals surface area contributed by atoms with Gasteiger partial charge >= 0.3 is 0 Å². The molecule has 16 heavy (non-hydrogen) atoms. The number of halogens is 1. The topological polar surface area (TPSA) is 38.0 Å². The second-order valence-corrected chi connectivity index (χ2v) is 4.55. The van der Waals surface area contributed by atoms with E-state index in [-0.39, 0.29) is 6.04 Å². The molecule has 0 aliphatic rings. The minimum Gasteiger partial charge on any atom is -0.271 e. The number of nitrogens with one attached hydrogen (secondary N) is 1. The van der Waals surface area contributed by atoms with Gasteiger partial charge < -0.3 is 0 Å². The van der Waals surface area contributed by atoms with Gasteiger partial charge in [0.2, 0.25) is 0 Å². The minimum absolute atomic E-state index is 0.174. The van der Waals surface area contributed by atoms with E-state index in [1.807, 2.05) is 6.92 Å². The van der Waals surface area contributed by atoms with E-state index in [1.54, 1.807) is 0 Å². The maximum Gasteiger partial charge on any atom is 0.0469 e. The summed E-state index contributed by atoms with van der Waals surface area (Å²) >= 11 is 3.49. The molecule has 3 heteroatoms. The highest BCUT2D eigenvalue weighted by Gasteiger charge is 2.09. The van der Waals surface area contributed by atoms with Crippen molar-refractivity contribution in [2.75, 3.05) is 0 Å². The molecule has 0 saturated heterocycles. The van der Waals surface area contributed by atoms with E-state index in [2.05, 4.69) is 58.3 Å². The number of hydrogen-bond donors (Lipinski definition) is 2. The molecule has 1 unspecified atom stereocenters. The number of hydrazine groups is 1. The van der Waals surface area contributed by atoms with Crippen molar-refractivity contribution in [3.63, 3.8) is 0 Å². The van der Waals surface area contributed by atoms with E-state index in [0.717, 1.165) is 17.3 Å². The molecule has 1 aromatic rings. The molecule has 0 fully saturated rings. The lowest BCUT2D eigenvalue weighted by molar-refractivity contribution is 0.523. The number of rotatable bonds is 4. The number of hydrogen-bond acceptors (Lipinski definition) is 2. The second kappa shape index (κ2) is 6.70. The third-order valence-corrected chi connectivity index (χ3v) is 3.41. The van der Waals surface area contributed by atoms with Gasteiger partial charge in [-0.15, -0.1) is 11.8 Å². The Balaban J connectivity index is 2.77. The van der Waals surface area contributed by atoms with Crippen LogP contribution in [0.15, 0.2) is 22.7 Å². The fraction of sp³-hybridized carbons (Fsp3) is 0.385. The van der Waals surface area contributed by atoms with E-state index >= 15 is 0 Å². The molecule has 0 aliphatic carbocycles. The molecule has 0 radical (unpaired) electrons. The molecular weight excluding hydrogens is 264 g/mol. The molecule has 1 rings (SSSR count). The molecule has 0 amide bonds. The number of nitrogens with two attached hydrogens (primary N) is 1. The molecule has 2 nitrogen and oxygen atoms in total. The normalized spacial score (nSPS) is 11.8. The first kappa shape index (κ1) is 13.2. The molecule has 3 N–H and O–H groups in total. The summed E-state index contributed by atoms with van der Waals surface area (Å²) in [5.74, 6) is 11.5. The Bertz CT molecular complexity index is 404. The molecule has 0 spiro atoms. The average molecular weight is 281 g/mol. The Labute approximate surface area is 106 Å². The first-order valence-corrected chi connectivity index (χ1v) is 6.10. The first-order valence-electron chi connectivity index (χ1n) is 5.30. The van der Waals surface area contributed by atoms with Crippen molar-refractivity contribution in [2.45, 2.75) is 32.7 Å². The highest BCUT2D eigenvalue weighted by molar-refractivity contribution is 9.10. The van der Waals surface area contributed by atoms with E-state index in [4.69, 9.17) is 5.84 Å². The van der Waals surface area contributed by atoms with Gasteiger partial charge in [0.05, 0.1) is 0 Å². The summed E-state index contributed by atoms with van der Waals surface area (Å²) in [4.78, 5) is 0. The van der Waals surface area contributed by atoms with Gasteiger partial charge in [-0.05, 0) is 37.5 Å². The van der Waals surface area contributed by atoms with Crippen LogP contribution in [-0.4, -0.2) is 0 Å². The Morgan fingerprint density at radius 1 is 1.50 bits per heavy atom. The largest absolute Gasteiger partial charge is 0.271 e. The first-order chi connectivity index (χ1) is 7.69. The molecule has 0 saturated carbocycles. The summed E-state index contributed by atoms with van der Waals surface area (Å²) in [5.41, 5.74) is 5.27. The SMILES string of the molecule is CC#CCCC(NN)c1ccc(Br)c(C)c1. The minimum atomic E-state index is 0.174. The van der Waals surface area contributed by atoms with Crippen molar-refractivity contribution >= 4 is 15.9 Å². The molecule has 0 aromatic heterocycles. The quantitative estimate of drug-likeness (QED) is 0.505. The van der Waals surface area contributed by atoms with Crippen LogP contribution in [0.25, 0.3) is 0 Å². The smallest absolute Gasteiger partial charge is 0.0469 e. The van der Waals surface area contributed by atoms with Crippen molar-refractivity contribution in [3.05, 3.63) is 33.8 Å². The van der Waals surface area contributed by atoms with Crippen LogP contribution in [0.5, 0.6) is 0 Å². The second-order valence-electron chi connectivity index (χ2n) is 3.69. The van der Waals surface area contributed by atoms with E-state index in [0.29, 0.717) is 0 Å². The fourth-order valence-electron chi connectivity index (χ4n) is 1.57. The van der Waals surface area contributed by atoms with Gasteiger partial charge in [-0.25, -0.2) is 0 Å². The summed E-state index contributed by atoms with van der Waals surface area (Å²) in [7, 11) is 0. The molecular formula is C13H17BrN2.